The van der Waals surface area contributed by atoms with E-state index in [1.807, 2.05) is 18.7 Å². The van der Waals surface area contributed by atoms with Gasteiger partial charge in [-0.3, -0.25) is 9.59 Å². The molecule has 1 saturated heterocycles. The summed E-state index contributed by atoms with van der Waals surface area (Å²) >= 11 is 0. The van der Waals surface area contributed by atoms with Gasteiger partial charge in [-0.05, 0) is 24.7 Å². The van der Waals surface area contributed by atoms with Crippen molar-refractivity contribution in [3.63, 3.8) is 0 Å². The van der Waals surface area contributed by atoms with E-state index < -0.39 is 0 Å². The summed E-state index contributed by atoms with van der Waals surface area (Å²) < 4.78 is 0. The Morgan fingerprint density at radius 3 is 2.60 bits per heavy atom. The molecule has 4 nitrogen and oxygen atoms in total. The molecular formula is C16H28N2O2. The van der Waals surface area contributed by atoms with Crippen LogP contribution >= 0.6 is 0 Å². The van der Waals surface area contributed by atoms with E-state index in [2.05, 4.69) is 5.32 Å². The van der Waals surface area contributed by atoms with Gasteiger partial charge in [-0.15, -0.1) is 0 Å². The van der Waals surface area contributed by atoms with E-state index in [4.69, 9.17) is 0 Å². The van der Waals surface area contributed by atoms with E-state index in [-0.39, 0.29) is 23.8 Å². The Morgan fingerprint density at radius 1 is 1.25 bits per heavy atom. The molecule has 2 amide bonds. The van der Waals surface area contributed by atoms with E-state index in [9.17, 15) is 9.59 Å². The molecule has 2 aliphatic rings. The summed E-state index contributed by atoms with van der Waals surface area (Å²) in [4.78, 5) is 26.1. The molecule has 0 aromatic carbocycles. The average Bonchev–Trinajstić information content (AvgIpc) is 2.87. The van der Waals surface area contributed by atoms with Gasteiger partial charge in [0, 0.05) is 19.5 Å². The highest BCUT2D eigenvalue weighted by atomic mass is 16.2. The highest BCUT2D eigenvalue weighted by Gasteiger charge is 2.31. The van der Waals surface area contributed by atoms with Gasteiger partial charge in [-0.25, -0.2) is 0 Å². The Balaban J connectivity index is 1.84. The molecule has 1 saturated carbocycles. The third kappa shape index (κ3) is 3.97. The highest BCUT2D eigenvalue weighted by Crippen LogP contribution is 2.28. The predicted octanol–water partition coefficient (Wildman–Crippen LogP) is 2.33. The first kappa shape index (κ1) is 15.3. The second kappa shape index (κ2) is 7.09. The Morgan fingerprint density at radius 2 is 1.95 bits per heavy atom. The number of hydrogen-bond donors (Lipinski definition) is 1. The number of nitrogens with one attached hydrogen (secondary N) is 1. The maximum absolute atomic E-state index is 12.5. The van der Waals surface area contributed by atoms with Gasteiger partial charge in [0.2, 0.25) is 11.8 Å². The Bertz CT molecular complexity index is 348. The molecule has 0 radical (unpaired) electrons. The lowest BCUT2D eigenvalue weighted by atomic mass is 10.0. The number of rotatable bonds is 5. The maximum Gasteiger partial charge on any atom is 0.245 e. The zero-order chi connectivity index (χ0) is 14.5. The molecule has 4 heteroatoms. The van der Waals surface area contributed by atoms with Crippen LogP contribution in [-0.2, 0) is 9.59 Å². The van der Waals surface area contributed by atoms with Gasteiger partial charge in [-0.2, -0.15) is 0 Å². The summed E-state index contributed by atoms with van der Waals surface area (Å²) in [7, 11) is 0. The molecule has 2 fully saturated rings. The van der Waals surface area contributed by atoms with Gasteiger partial charge in [0.25, 0.3) is 0 Å². The normalized spacial score (nSPS) is 25.1. The van der Waals surface area contributed by atoms with Crippen LogP contribution in [0.3, 0.4) is 0 Å². The Labute approximate surface area is 122 Å². The van der Waals surface area contributed by atoms with Crippen molar-refractivity contribution in [2.75, 3.05) is 13.1 Å². The SMILES string of the molecule is CC(C)C1NC(=O)CCN(CCCC2CCCC2)C1=O. The minimum absolute atomic E-state index is 0.00958. The van der Waals surface area contributed by atoms with Gasteiger partial charge in [0.1, 0.15) is 6.04 Å². The number of carbonyl (C=O) groups is 2. The van der Waals surface area contributed by atoms with Crippen LogP contribution in [0.4, 0.5) is 0 Å². The molecule has 0 bridgehead atoms. The van der Waals surface area contributed by atoms with Gasteiger partial charge >= 0.3 is 0 Å². The third-order valence-electron chi connectivity index (χ3n) is 4.68. The molecule has 1 heterocycles. The molecule has 1 aliphatic heterocycles. The van der Waals surface area contributed by atoms with Crippen LogP contribution in [0.15, 0.2) is 0 Å². The van der Waals surface area contributed by atoms with Crippen LogP contribution in [0.2, 0.25) is 0 Å². The van der Waals surface area contributed by atoms with Gasteiger partial charge < -0.3 is 10.2 Å². The van der Waals surface area contributed by atoms with E-state index in [1.54, 1.807) is 0 Å². The number of amides is 2. The molecule has 1 aliphatic carbocycles. The zero-order valence-electron chi connectivity index (χ0n) is 12.9. The molecule has 0 aromatic heterocycles. The van der Waals surface area contributed by atoms with Crippen LogP contribution in [0.25, 0.3) is 0 Å². The maximum atomic E-state index is 12.5. The molecular weight excluding hydrogens is 252 g/mol. The Hall–Kier alpha value is -1.06. The molecule has 114 valence electrons. The van der Waals surface area contributed by atoms with Crippen LogP contribution in [0.1, 0.15) is 58.8 Å². The van der Waals surface area contributed by atoms with Crippen molar-refractivity contribution in [2.24, 2.45) is 11.8 Å². The zero-order valence-corrected chi connectivity index (χ0v) is 12.9. The number of carbonyl (C=O) groups excluding carboxylic acids is 2. The molecule has 20 heavy (non-hydrogen) atoms. The van der Waals surface area contributed by atoms with Crippen molar-refractivity contribution in [3.05, 3.63) is 0 Å². The minimum atomic E-state index is -0.337. The molecule has 0 spiro atoms. The highest BCUT2D eigenvalue weighted by molar-refractivity contribution is 5.90. The first-order valence-corrected chi connectivity index (χ1v) is 8.16. The number of hydrogen-bond acceptors (Lipinski definition) is 2. The summed E-state index contributed by atoms with van der Waals surface area (Å²) in [6.45, 7) is 5.38. The summed E-state index contributed by atoms with van der Waals surface area (Å²) in [6.07, 6.45) is 8.23. The molecule has 1 atom stereocenters. The number of nitrogens with zero attached hydrogens (tertiary/aromatic N) is 1. The second-order valence-corrected chi connectivity index (χ2v) is 6.66. The quantitative estimate of drug-likeness (QED) is 0.840. The van der Waals surface area contributed by atoms with E-state index in [0.29, 0.717) is 13.0 Å². The first-order chi connectivity index (χ1) is 9.58. The van der Waals surface area contributed by atoms with Crippen molar-refractivity contribution >= 4 is 11.8 Å². The van der Waals surface area contributed by atoms with E-state index in [1.165, 1.54) is 32.1 Å². The minimum Gasteiger partial charge on any atom is -0.344 e. The van der Waals surface area contributed by atoms with Crippen LogP contribution < -0.4 is 5.32 Å². The fourth-order valence-electron chi connectivity index (χ4n) is 3.39. The third-order valence-corrected chi connectivity index (χ3v) is 4.68. The van der Waals surface area contributed by atoms with Crippen molar-refractivity contribution in [1.29, 1.82) is 0 Å². The van der Waals surface area contributed by atoms with E-state index >= 15 is 0 Å². The molecule has 1 N–H and O–H groups in total. The monoisotopic (exact) mass is 280 g/mol. The topological polar surface area (TPSA) is 49.4 Å². The largest absolute Gasteiger partial charge is 0.344 e. The molecule has 0 aromatic rings. The van der Waals surface area contributed by atoms with Gasteiger partial charge in [0.15, 0.2) is 0 Å². The lowest BCUT2D eigenvalue weighted by molar-refractivity contribution is -0.134. The van der Waals surface area contributed by atoms with Crippen LogP contribution in [-0.4, -0.2) is 35.8 Å². The molecule has 1 unspecified atom stereocenters. The van der Waals surface area contributed by atoms with Crippen LogP contribution in [0, 0.1) is 11.8 Å². The van der Waals surface area contributed by atoms with Gasteiger partial charge in [-0.1, -0.05) is 39.5 Å². The average molecular weight is 280 g/mol. The fraction of sp³-hybridized carbons (Fsp3) is 0.875. The lowest BCUT2D eigenvalue weighted by Gasteiger charge is -2.26. The second-order valence-electron chi connectivity index (χ2n) is 6.66. The summed E-state index contributed by atoms with van der Waals surface area (Å²) in [5, 5.41) is 2.86. The summed E-state index contributed by atoms with van der Waals surface area (Å²) in [5.41, 5.74) is 0. The van der Waals surface area contributed by atoms with E-state index in [0.717, 1.165) is 18.9 Å². The van der Waals surface area contributed by atoms with Gasteiger partial charge in [0.05, 0.1) is 0 Å². The summed E-state index contributed by atoms with van der Waals surface area (Å²) in [5.74, 6) is 1.15. The van der Waals surface area contributed by atoms with Crippen molar-refractivity contribution in [3.8, 4) is 0 Å². The van der Waals surface area contributed by atoms with Crippen molar-refractivity contribution in [1.82, 2.24) is 10.2 Å². The van der Waals surface area contributed by atoms with Crippen LogP contribution in [0.5, 0.6) is 0 Å². The molecule has 2 rings (SSSR count). The smallest absolute Gasteiger partial charge is 0.245 e. The van der Waals surface area contributed by atoms with Crippen molar-refractivity contribution in [2.45, 2.75) is 64.8 Å². The lowest BCUT2D eigenvalue weighted by Crippen LogP contribution is -2.47. The summed E-state index contributed by atoms with van der Waals surface area (Å²) in [6, 6.07) is -0.337. The Kier molecular flexibility index (Phi) is 5.44. The fourth-order valence-corrected chi connectivity index (χ4v) is 3.39. The first-order valence-electron chi connectivity index (χ1n) is 8.16. The predicted molar refractivity (Wildman–Crippen MR) is 79.2 cm³/mol. The van der Waals surface area contributed by atoms with Crippen molar-refractivity contribution < 1.29 is 9.59 Å². The standard InChI is InChI=1S/C16H28N2O2/c1-12(2)15-16(20)18(11-9-14(19)17-15)10-5-8-13-6-3-4-7-13/h12-13,15H,3-11H2,1-2H3,(H,17,19).